The topological polar surface area (TPSA) is 32.3 Å². The number of thiophene rings is 1. The summed E-state index contributed by atoms with van der Waals surface area (Å²) in [5.41, 5.74) is 3.98. The number of aryl methyl sites for hydroxylation is 2. The largest absolute Gasteiger partial charge is 0.349 e. The van der Waals surface area contributed by atoms with Crippen LogP contribution in [0.2, 0.25) is 0 Å². The van der Waals surface area contributed by atoms with Crippen LogP contribution in [0.3, 0.4) is 0 Å². The van der Waals surface area contributed by atoms with E-state index in [0.29, 0.717) is 0 Å². The number of hydrogen-bond acceptors (Lipinski definition) is 3. The molecule has 1 atom stereocenters. The first-order chi connectivity index (χ1) is 13.7. The van der Waals surface area contributed by atoms with E-state index in [-0.39, 0.29) is 11.9 Å². The van der Waals surface area contributed by atoms with E-state index in [0.717, 1.165) is 42.1 Å². The molecule has 1 aromatic heterocycles. The summed E-state index contributed by atoms with van der Waals surface area (Å²) >= 11 is 1.58. The summed E-state index contributed by atoms with van der Waals surface area (Å²) in [6, 6.07) is 23.2. The summed E-state index contributed by atoms with van der Waals surface area (Å²) < 4.78 is 0. The van der Waals surface area contributed by atoms with Crippen molar-refractivity contribution in [2.75, 3.05) is 11.4 Å². The fourth-order valence-corrected chi connectivity index (χ4v) is 4.70. The van der Waals surface area contributed by atoms with Crippen molar-refractivity contribution in [2.24, 2.45) is 0 Å². The molecule has 4 rings (SSSR count). The fraction of sp³-hybridized carbons (Fsp3) is 0.292. The molecule has 0 radical (unpaired) electrons. The van der Waals surface area contributed by atoms with Gasteiger partial charge in [0.15, 0.2) is 0 Å². The first-order valence-electron chi connectivity index (χ1n) is 10.0. The van der Waals surface area contributed by atoms with Crippen molar-refractivity contribution in [1.82, 2.24) is 5.32 Å². The summed E-state index contributed by atoms with van der Waals surface area (Å²) in [5, 5.41) is 4.30. The molecular weight excluding hydrogens is 364 g/mol. The summed E-state index contributed by atoms with van der Waals surface area (Å²) in [6.45, 7) is 3.09. The van der Waals surface area contributed by atoms with Crippen molar-refractivity contribution in [3.05, 3.63) is 82.7 Å². The van der Waals surface area contributed by atoms with Gasteiger partial charge in [-0.15, -0.1) is 11.3 Å². The molecule has 0 spiro atoms. The number of amides is 1. The molecule has 0 aliphatic carbocycles. The van der Waals surface area contributed by atoms with Gasteiger partial charge in [-0.3, -0.25) is 4.79 Å². The third-order valence-corrected chi connectivity index (χ3v) is 6.39. The Bertz CT molecular complexity index is 935. The van der Waals surface area contributed by atoms with E-state index in [2.05, 4.69) is 71.7 Å². The molecular formula is C24H26N2OS. The number of rotatable bonds is 6. The molecule has 3 nitrogen and oxygen atoms in total. The number of nitrogens with zero attached hydrogens (tertiary/aromatic N) is 1. The van der Waals surface area contributed by atoms with Gasteiger partial charge in [-0.1, -0.05) is 48.5 Å². The molecule has 3 aromatic rings. The number of carbonyl (C=O) groups excluding carboxylic acids is 1. The van der Waals surface area contributed by atoms with Crippen LogP contribution in [-0.2, 0) is 12.8 Å². The molecule has 0 saturated carbocycles. The molecule has 1 amide bonds. The Hall–Kier alpha value is -2.59. The normalized spacial score (nSPS) is 14.4. The van der Waals surface area contributed by atoms with E-state index < -0.39 is 0 Å². The van der Waals surface area contributed by atoms with Crippen LogP contribution < -0.4 is 10.2 Å². The minimum Gasteiger partial charge on any atom is -0.349 e. The summed E-state index contributed by atoms with van der Waals surface area (Å²) in [6.07, 6.45) is 4.19. The molecule has 144 valence electrons. The Morgan fingerprint density at radius 1 is 1.07 bits per heavy atom. The maximum atomic E-state index is 12.7. The summed E-state index contributed by atoms with van der Waals surface area (Å²) in [5.74, 6) is 0.0297. The molecule has 0 bridgehead atoms. The van der Waals surface area contributed by atoms with Gasteiger partial charge < -0.3 is 10.2 Å². The maximum Gasteiger partial charge on any atom is 0.261 e. The summed E-state index contributed by atoms with van der Waals surface area (Å²) in [7, 11) is 0. The average molecular weight is 391 g/mol. The van der Waals surface area contributed by atoms with E-state index in [1.807, 2.05) is 12.1 Å². The monoisotopic (exact) mass is 390 g/mol. The van der Waals surface area contributed by atoms with Crippen molar-refractivity contribution in [1.29, 1.82) is 0 Å². The molecule has 0 fully saturated rings. The van der Waals surface area contributed by atoms with Crippen molar-refractivity contribution in [3.8, 4) is 0 Å². The zero-order valence-corrected chi connectivity index (χ0v) is 17.0. The van der Waals surface area contributed by atoms with Crippen molar-refractivity contribution < 1.29 is 4.79 Å². The predicted octanol–water partition coefficient (Wildman–Crippen LogP) is 5.58. The number of benzene rings is 2. The highest BCUT2D eigenvalue weighted by molar-refractivity contribution is 7.18. The van der Waals surface area contributed by atoms with Crippen molar-refractivity contribution in [3.63, 3.8) is 0 Å². The van der Waals surface area contributed by atoms with Gasteiger partial charge in [0.2, 0.25) is 0 Å². The first-order valence-corrected chi connectivity index (χ1v) is 10.8. The molecule has 4 heteroatoms. The van der Waals surface area contributed by atoms with Gasteiger partial charge in [-0.25, -0.2) is 0 Å². The minimum atomic E-state index is 0.0297. The standard InChI is InChI=1S/C24H26N2OS/c1-18(13-14-19-8-3-2-4-9-19)25-24(27)22-15-16-23(28-22)26-17-7-11-20-10-5-6-12-21(20)26/h2-6,8-10,12,15-16,18H,7,11,13-14,17H2,1H3,(H,25,27)/t18-/m0/s1. The van der Waals surface area contributed by atoms with E-state index in [4.69, 9.17) is 0 Å². The second-order valence-electron chi connectivity index (χ2n) is 7.42. The lowest BCUT2D eigenvalue weighted by atomic mass is 10.0. The molecule has 1 N–H and O–H groups in total. The smallest absolute Gasteiger partial charge is 0.261 e. The number of fused-ring (bicyclic) bond motifs is 1. The van der Waals surface area contributed by atoms with Crippen LogP contribution in [0.25, 0.3) is 0 Å². The van der Waals surface area contributed by atoms with Crippen LogP contribution >= 0.6 is 11.3 Å². The Kier molecular flexibility index (Phi) is 5.77. The molecule has 1 aliphatic rings. The van der Waals surface area contributed by atoms with Crippen molar-refractivity contribution >= 4 is 27.9 Å². The Labute approximate surface area is 171 Å². The van der Waals surface area contributed by atoms with Gasteiger partial charge in [0, 0.05) is 18.3 Å². The Morgan fingerprint density at radius 3 is 2.71 bits per heavy atom. The Morgan fingerprint density at radius 2 is 1.86 bits per heavy atom. The SMILES string of the molecule is C[C@@H](CCc1ccccc1)NC(=O)c1ccc(N2CCCc3ccccc32)s1. The highest BCUT2D eigenvalue weighted by Gasteiger charge is 2.20. The zero-order chi connectivity index (χ0) is 19.3. The summed E-state index contributed by atoms with van der Waals surface area (Å²) in [4.78, 5) is 15.8. The lowest BCUT2D eigenvalue weighted by Crippen LogP contribution is -2.32. The average Bonchev–Trinajstić information content (AvgIpc) is 3.23. The highest BCUT2D eigenvalue weighted by Crippen LogP contribution is 2.37. The number of anilines is 2. The lowest BCUT2D eigenvalue weighted by Gasteiger charge is -2.30. The van der Waals surface area contributed by atoms with Gasteiger partial charge in [0.1, 0.15) is 0 Å². The third-order valence-electron chi connectivity index (χ3n) is 5.28. The first kappa shape index (κ1) is 18.8. The quantitative estimate of drug-likeness (QED) is 0.595. The number of nitrogens with one attached hydrogen (secondary N) is 1. The molecule has 2 heterocycles. The number of carbonyl (C=O) groups is 1. The lowest BCUT2D eigenvalue weighted by molar-refractivity contribution is 0.0942. The molecule has 28 heavy (non-hydrogen) atoms. The number of hydrogen-bond donors (Lipinski definition) is 1. The maximum absolute atomic E-state index is 12.7. The molecule has 0 unspecified atom stereocenters. The zero-order valence-electron chi connectivity index (χ0n) is 16.2. The van der Waals surface area contributed by atoms with Gasteiger partial charge in [0.25, 0.3) is 5.91 Å². The second kappa shape index (κ2) is 8.61. The third kappa shape index (κ3) is 4.28. The van der Waals surface area contributed by atoms with Crippen LogP contribution in [0.5, 0.6) is 0 Å². The predicted molar refractivity (Wildman–Crippen MR) is 118 cm³/mol. The fourth-order valence-electron chi connectivity index (χ4n) is 3.75. The van der Waals surface area contributed by atoms with Crippen LogP contribution in [0.1, 0.15) is 40.6 Å². The van der Waals surface area contributed by atoms with Gasteiger partial charge in [-0.2, -0.15) is 0 Å². The van der Waals surface area contributed by atoms with E-state index in [1.54, 1.807) is 11.3 Å². The highest BCUT2D eigenvalue weighted by atomic mass is 32.1. The molecule has 2 aromatic carbocycles. The van der Waals surface area contributed by atoms with Crippen molar-refractivity contribution in [2.45, 2.75) is 38.6 Å². The van der Waals surface area contributed by atoms with Crippen LogP contribution in [-0.4, -0.2) is 18.5 Å². The van der Waals surface area contributed by atoms with E-state index in [9.17, 15) is 4.79 Å². The van der Waals surface area contributed by atoms with Crippen LogP contribution in [0.15, 0.2) is 66.7 Å². The van der Waals surface area contributed by atoms with Gasteiger partial charge >= 0.3 is 0 Å². The molecule has 0 saturated heterocycles. The van der Waals surface area contributed by atoms with E-state index in [1.165, 1.54) is 16.8 Å². The second-order valence-corrected chi connectivity index (χ2v) is 8.48. The van der Waals surface area contributed by atoms with Gasteiger partial charge in [0.05, 0.1) is 9.88 Å². The van der Waals surface area contributed by atoms with Crippen LogP contribution in [0, 0.1) is 0 Å². The van der Waals surface area contributed by atoms with Gasteiger partial charge in [-0.05, 0) is 61.9 Å². The van der Waals surface area contributed by atoms with E-state index >= 15 is 0 Å². The molecule has 1 aliphatic heterocycles. The Balaban J connectivity index is 1.38. The number of para-hydroxylation sites is 1. The minimum absolute atomic E-state index is 0.0297. The van der Waals surface area contributed by atoms with Crippen LogP contribution in [0.4, 0.5) is 10.7 Å².